The number of aromatic nitrogens is 3. The highest BCUT2D eigenvalue weighted by Crippen LogP contribution is 2.21. The summed E-state index contributed by atoms with van der Waals surface area (Å²) in [5.74, 6) is -0.780. The summed E-state index contributed by atoms with van der Waals surface area (Å²) in [6.45, 7) is 7.95. The van der Waals surface area contributed by atoms with Crippen molar-refractivity contribution in [2.24, 2.45) is 0 Å². The van der Waals surface area contributed by atoms with Crippen LogP contribution in [0.25, 0.3) is 11.0 Å². The van der Waals surface area contributed by atoms with Crippen LogP contribution in [0.15, 0.2) is 16.9 Å². The number of hydrogen-bond donors (Lipinski definition) is 1. The maximum absolute atomic E-state index is 11.9. The first kappa shape index (κ1) is 14.2. The lowest BCUT2D eigenvalue weighted by Crippen LogP contribution is -2.20. The van der Waals surface area contributed by atoms with Crippen molar-refractivity contribution in [2.45, 2.75) is 33.1 Å². The van der Waals surface area contributed by atoms with E-state index in [2.05, 4.69) is 15.0 Å². The lowest BCUT2D eigenvalue weighted by atomic mass is 9.91. The van der Waals surface area contributed by atoms with Crippen LogP contribution in [-0.4, -0.2) is 27.5 Å². The number of fused-ring (bicyclic) bond motifs is 1. The number of nitrogens with one attached hydrogen (secondary N) is 1. The Bertz CT molecular complexity index is 714. The molecule has 0 unspecified atom stereocenters. The lowest BCUT2D eigenvalue weighted by molar-refractivity contribution is 0.0512. The van der Waals surface area contributed by atoms with Crippen molar-refractivity contribution in [3.63, 3.8) is 0 Å². The number of carbonyl (C=O) groups is 1. The quantitative estimate of drug-likeness (QED) is 0.845. The van der Waals surface area contributed by atoms with Crippen LogP contribution < -0.4 is 5.56 Å². The summed E-state index contributed by atoms with van der Waals surface area (Å²) in [6.07, 6.45) is 0. The number of hydrogen-bond acceptors (Lipinski definition) is 5. The largest absolute Gasteiger partial charge is 0.460 e. The second-order valence-electron chi connectivity index (χ2n) is 5.45. The molecule has 2 aromatic heterocycles. The predicted molar refractivity (Wildman–Crippen MR) is 74.8 cm³/mol. The Morgan fingerprint density at radius 1 is 1.30 bits per heavy atom. The van der Waals surface area contributed by atoms with Crippen molar-refractivity contribution in [1.82, 2.24) is 15.0 Å². The molecular weight excluding hydrogens is 258 g/mol. The smallest absolute Gasteiger partial charge is 0.374 e. The van der Waals surface area contributed by atoms with E-state index in [9.17, 15) is 9.59 Å². The number of carbonyl (C=O) groups excluding carboxylic acids is 1. The van der Waals surface area contributed by atoms with E-state index >= 15 is 0 Å². The standard InChI is InChI=1S/C14H17N3O3/c1-5-20-13(19)11-16-10-8(12(18)17-11)6-7-9(15-10)14(2,3)4/h6-7H,5H2,1-4H3,(H,15,16,17,18). The Balaban J connectivity index is 2.62. The Hall–Kier alpha value is -2.24. The van der Waals surface area contributed by atoms with Crippen LogP contribution >= 0.6 is 0 Å². The maximum atomic E-state index is 11.9. The summed E-state index contributed by atoms with van der Waals surface area (Å²) in [4.78, 5) is 34.4. The van der Waals surface area contributed by atoms with E-state index in [1.54, 1.807) is 19.1 Å². The van der Waals surface area contributed by atoms with Crippen molar-refractivity contribution < 1.29 is 9.53 Å². The van der Waals surface area contributed by atoms with Gasteiger partial charge in [-0.1, -0.05) is 20.8 Å². The second kappa shape index (κ2) is 5.03. The van der Waals surface area contributed by atoms with E-state index in [0.717, 1.165) is 5.69 Å². The summed E-state index contributed by atoms with van der Waals surface area (Å²) in [6, 6.07) is 3.47. The van der Waals surface area contributed by atoms with Gasteiger partial charge in [-0.25, -0.2) is 14.8 Å². The van der Waals surface area contributed by atoms with Gasteiger partial charge in [0.05, 0.1) is 12.0 Å². The fourth-order valence-corrected chi connectivity index (χ4v) is 1.73. The molecule has 0 aromatic carbocycles. The molecule has 2 rings (SSSR count). The van der Waals surface area contributed by atoms with Gasteiger partial charge in [-0.05, 0) is 19.1 Å². The molecule has 0 aliphatic rings. The number of aromatic amines is 1. The molecule has 2 aromatic rings. The molecule has 0 aliphatic heterocycles. The van der Waals surface area contributed by atoms with Crippen molar-refractivity contribution in [3.05, 3.63) is 34.0 Å². The maximum Gasteiger partial charge on any atom is 0.374 e. The van der Waals surface area contributed by atoms with Crippen molar-refractivity contribution >= 4 is 17.0 Å². The zero-order valence-corrected chi connectivity index (χ0v) is 12.0. The molecule has 0 saturated heterocycles. The first-order chi connectivity index (χ1) is 9.32. The van der Waals surface area contributed by atoms with Crippen LogP contribution in [0.5, 0.6) is 0 Å². The molecule has 6 heteroatoms. The lowest BCUT2D eigenvalue weighted by Gasteiger charge is -2.17. The fraction of sp³-hybridized carbons (Fsp3) is 0.429. The van der Waals surface area contributed by atoms with E-state index in [1.807, 2.05) is 20.8 Å². The minimum absolute atomic E-state index is 0.122. The minimum Gasteiger partial charge on any atom is -0.460 e. The van der Waals surface area contributed by atoms with Gasteiger partial charge in [0.25, 0.3) is 5.56 Å². The van der Waals surface area contributed by atoms with Gasteiger partial charge < -0.3 is 9.72 Å². The highest BCUT2D eigenvalue weighted by atomic mass is 16.5. The molecule has 0 atom stereocenters. The second-order valence-corrected chi connectivity index (χ2v) is 5.45. The average Bonchev–Trinajstić information content (AvgIpc) is 2.37. The van der Waals surface area contributed by atoms with Crippen LogP contribution in [0, 0.1) is 0 Å². The predicted octanol–water partition coefficient (Wildman–Crippen LogP) is 1.79. The number of rotatable bonds is 2. The zero-order chi connectivity index (χ0) is 14.9. The number of ether oxygens (including phenoxy) is 1. The molecule has 0 spiro atoms. The summed E-state index contributed by atoms with van der Waals surface area (Å²) in [7, 11) is 0. The highest BCUT2D eigenvalue weighted by Gasteiger charge is 2.18. The number of H-pyrrole nitrogens is 1. The van der Waals surface area contributed by atoms with E-state index in [1.165, 1.54) is 0 Å². The summed E-state index contributed by atoms with van der Waals surface area (Å²) >= 11 is 0. The number of nitrogens with zero attached hydrogens (tertiary/aromatic N) is 2. The Morgan fingerprint density at radius 2 is 2.00 bits per heavy atom. The first-order valence-corrected chi connectivity index (χ1v) is 6.41. The van der Waals surface area contributed by atoms with Gasteiger partial charge in [0, 0.05) is 11.1 Å². The molecule has 106 valence electrons. The molecule has 0 radical (unpaired) electrons. The topological polar surface area (TPSA) is 84.9 Å². The Morgan fingerprint density at radius 3 is 2.60 bits per heavy atom. The van der Waals surface area contributed by atoms with Gasteiger partial charge in [0.15, 0.2) is 5.65 Å². The molecule has 0 amide bonds. The van der Waals surface area contributed by atoms with Crippen LogP contribution in [-0.2, 0) is 10.2 Å². The average molecular weight is 275 g/mol. The van der Waals surface area contributed by atoms with Crippen molar-refractivity contribution in [3.8, 4) is 0 Å². The third-order valence-electron chi connectivity index (χ3n) is 2.81. The SMILES string of the molecule is CCOC(=O)c1nc2nc(C(C)(C)C)ccc2c(=O)[nH]1. The molecule has 6 nitrogen and oxygen atoms in total. The zero-order valence-electron chi connectivity index (χ0n) is 12.0. The molecule has 20 heavy (non-hydrogen) atoms. The summed E-state index contributed by atoms with van der Waals surface area (Å²) < 4.78 is 4.83. The van der Waals surface area contributed by atoms with E-state index in [4.69, 9.17) is 4.74 Å². The molecule has 0 aliphatic carbocycles. The van der Waals surface area contributed by atoms with Crippen molar-refractivity contribution in [1.29, 1.82) is 0 Å². The molecule has 0 fully saturated rings. The van der Waals surface area contributed by atoms with Gasteiger partial charge in [-0.3, -0.25) is 4.79 Å². The fourth-order valence-electron chi connectivity index (χ4n) is 1.73. The monoisotopic (exact) mass is 275 g/mol. The van der Waals surface area contributed by atoms with E-state index < -0.39 is 11.5 Å². The molecule has 0 saturated carbocycles. The van der Waals surface area contributed by atoms with Gasteiger partial charge in [0.2, 0.25) is 5.82 Å². The van der Waals surface area contributed by atoms with Crippen LogP contribution in [0.4, 0.5) is 0 Å². The normalized spacial score (nSPS) is 11.6. The third kappa shape index (κ3) is 2.68. The number of pyridine rings is 1. The molecular formula is C14H17N3O3. The highest BCUT2D eigenvalue weighted by molar-refractivity contribution is 5.87. The summed E-state index contributed by atoms with van der Waals surface area (Å²) in [5.41, 5.74) is 0.496. The minimum atomic E-state index is -0.658. The van der Waals surface area contributed by atoms with Gasteiger partial charge >= 0.3 is 5.97 Å². The van der Waals surface area contributed by atoms with Crippen LogP contribution in [0.2, 0.25) is 0 Å². The molecule has 0 bridgehead atoms. The number of esters is 1. The van der Waals surface area contributed by atoms with Crippen LogP contribution in [0.1, 0.15) is 44.0 Å². The van der Waals surface area contributed by atoms with Crippen LogP contribution in [0.3, 0.4) is 0 Å². The van der Waals surface area contributed by atoms with Gasteiger partial charge in [0.1, 0.15) is 0 Å². The molecule has 1 N–H and O–H groups in total. The molecule has 2 heterocycles. The van der Waals surface area contributed by atoms with E-state index in [-0.39, 0.29) is 23.5 Å². The third-order valence-corrected chi connectivity index (χ3v) is 2.81. The van der Waals surface area contributed by atoms with E-state index in [0.29, 0.717) is 5.39 Å². The van der Waals surface area contributed by atoms with Gasteiger partial charge in [-0.2, -0.15) is 0 Å². The first-order valence-electron chi connectivity index (χ1n) is 6.41. The van der Waals surface area contributed by atoms with Crippen molar-refractivity contribution in [2.75, 3.05) is 6.61 Å². The Kier molecular flexibility index (Phi) is 3.57. The Labute approximate surface area is 116 Å². The van der Waals surface area contributed by atoms with Gasteiger partial charge in [-0.15, -0.1) is 0 Å². The summed E-state index contributed by atoms with van der Waals surface area (Å²) in [5, 5.41) is 0.353.